The van der Waals surface area contributed by atoms with Crippen LogP contribution >= 0.6 is 11.6 Å². The van der Waals surface area contributed by atoms with E-state index in [0.29, 0.717) is 10.6 Å². The van der Waals surface area contributed by atoms with Crippen molar-refractivity contribution in [2.75, 3.05) is 26.0 Å². The summed E-state index contributed by atoms with van der Waals surface area (Å²) in [7, 11) is 3.50. The quantitative estimate of drug-likeness (QED) is 0.766. The summed E-state index contributed by atoms with van der Waals surface area (Å²) in [5.41, 5.74) is 1.49. The molecule has 4 heteroatoms. The van der Waals surface area contributed by atoms with Crippen molar-refractivity contribution in [3.63, 3.8) is 0 Å². The Kier molecular flexibility index (Phi) is 6.71. The molecule has 1 rings (SSSR count). The lowest BCUT2D eigenvalue weighted by Crippen LogP contribution is -2.23. The number of amides is 1. The fourth-order valence-electron chi connectivity index (χ4n) is 1.86. The number of nitrogens with zero attached hydrogens (tertiary/aromatic N) is 1. The molecule has 1 N–H and O–H groups in total. The van der Waals surface area contributed by atoms with Gasteiger partial charge in [0.25, 0.3) is 5.91 Å². The number of anilines is 1. The first-order chi connectivity index (χ1) is 9.06. The highest BCUT2D eigenvalue weighted by atomic mass is 35.5. The molecule has 0 aliphatic carbocycles. The minimum atomic E-state index is -0.00674. The van der Waals surface area contributed by atoms with Gasteiger partial charge in [-0.05, 0) is 24.6 Å². The van der Waals surface area contributed by atoms with Crippen LogP contribution in [-0.2, 0) is 0 Å². The van der Waals surface area contributed by atoms with Gasteiger partial charge in [-0.3, -0.25) is 4.79 Å². The maximum absolute atomic E-state index is 12.1. The number of halogens is 1. The topological polar surface area (TPSA) is 32.3 Å². The van der Waals surface area contributed by atoms with Crippen molar-refractivity contribution in [1.82, 2.24) is 4.90 Å². The van der Waals surface area contributed by atoms with Crippen molar-refractivity contribution < 1.29 is 4.79 Å². The molecule has 19 heavy (non-hydrogen) atoms. The van der Waals surface area contributed by atoms with Gasteiger partial charge >= 0.3 is 0 Å². The molecule has 0 radical (unpaired) electrons. The number of benzene rings is 1. The first kappa shape index (κ1) is 15.8. The Morgan fingerprint density at radius 3 is 2.63 bits per heavy atom. The van der Waals surface area contributed by atoms with E-state index in [4.69, 9.17) is 11.6 Å². The molecule has 106 valence electrons. The molecule has 0 unspecified atom stereocenters. The van der Waals surface area contributed by atoms with Crippen LogP contribution in [-0.4, -0.2) is 31.4 Å². The van der Waals surface area contributed by atoms with Crippen molar-refractivity contribution >= 4 is 23.2 Å². The second kappa shape index (κ2) is 8.05. The minimum Gasteiger partial charge on any atom is -0.384 e. The van der Waals surface area contributed by atoms with Gasteiger partial charge in [0.15, 0.2) is 0 Å². The molecule has 0 aromatic heterocycles. The maximum Gasteiger partial charge on any atom is 0.255 e. The van der Waals surface area contributed by atoms with Gasteiger partial charge in [0, 0.05) is 31.4 Å². The second-order valence-corrected chi connectivity index (χ2v) is 5.31. The Labute approximate surface area is 120 Å². The number of unbranched alkanes of at least 4 members (excludes halogenated alkanes) is 3. The predicted molar refractivity (Wildman–Crippen MR) is 82.1 cm³/mol. The highest BCUT2D eigenvalue weighted by Crippen LogP contribution is 2.22. The molecule has 0 heterocycles. The standard InChI is InChI=1S/C15H23ClN2O/c1-4-5-6-7-10-17-14-11-12(16)8-9-13(14)15(19)18(2)3/h8-9,11,17H,4-7,10H2,1-3H3. The molecule has 0 saturated carbocycles. The summed E-state index contributed by atoms with van der Waals surface area (Å²) in [5.74, 6) is -0.00674. The van der Waals surface area contributed by atoms with E-state index in [2.05, 4.69) is 12.2 Å². The molecule has 0 saturated heterocycles. The average Bonchev–Trinajstić information content (AvgIpc) is 2.38. The van der Waals surface area contributed by atoms with Gasteiger partial charge in [-0.2, -0.15) is 0 Å². The van der Waals surface area contributed by atoms with E-state index in [0.717, 1.165) is 18.7 Å². The van der Waals surface area contributed by atoms with Gasteiger partial charge < -0.3 is 10.2 Å². The van der Waals surface area contributed by atoms with Crippen LogP contribution in [0.4, 0.5) is 5.69 Å². The van der Waals surface area contributed by atoms with E-state index in [9.17, 15) is 4.79 Å². The molecule has 0 fully saturated rings. The smallest absolute Gasteiger partial charge is 0.255 e. The summed E-state index contributed by atoms with van der Waals surface area (Å²) in [6, 6.07) is 5.34. The predicted octanol–water partition coefficient (Wildman–Crippen LogP) is 4.03. The van der Waals surface area contributed by atoms with Crippen LogP contribution in [0.5, 0.6) is 0 Å². The lowest BCUT2D eigenvalue weighted by Gasteiger charge is -2.15. The lowest BCUT2D eigenvalue weighted by molar-refractivity contribution is 0.0828. The number of nitrogens with one attached hydrogen (secondary N) is 1. The van der Waals surface area contributed by atoms with Gasteiger partial charge in [-0.15, -0.1) is 0 Å². The molecule has 0 aliphatic heterocycles. The Balaban J connectivity index is 2.69. The molecular formula is C15H23ClN2O. The van der Waals surface area contributed by atoms with Gasteiger partial charge in [0.05, 0.1) is 5.56 Å². The van der Waals surface area contributed by atoms with Crippen molar-refractivity contribution in [1.29, 1.82) is 0 Å². The van der Waals surface area contributed by atoms with Crippen LogP contribution in [0.1, 0.15) is 43.0 Å². The van der Waals surface area contributed by atoms with Gasteiger partial charge in [-0.25, -0.2) is 0 Å². The van der Waals surface area contributed by atoms with E-state index < -0.39 is 0 Å². The third-order valence-corrected chi connectivity index (χ3v) is 3.20. The van der Waals surface area contributed by atoms with Crippen molar-refractivity contribution in [2.24, 2.45) is 0 Å². The van der Waals surface area contributed by atoms with Crippen molar-refractivity contribution in [3.05, 3.63) is 28.8 Å². The fourth-order valence-corrected chi connectivity index (χ4v) is 2.04. The molecule has 1 aromatic rings. The summed E-state index contributed by atoms with van der Waals surface area (Å²) in [6.45, 7) is 3.06. The summed E-state index contributed by atoms with van der Waals surface area (Å²) >= 11 is 6.00. The normalized spacial score (nSPS) is 10.3. The number of hydrogen-bond acceptors (Lipinski definition) is 2. The number of hydrogen-bond donors (Lipinski definition) is 1. The number of carbonyl (C=O) groups excluding carboxylic acids is 1. The Bertz CT molecular complexity index is 419. The van der Waals surface area contributed by atoms with Crippen LogP contribution < -0.4 is 5.32 Å². The van der Waals surface area contributed by atoms with E-state index in [-0.39, 0.29) is 5.91 Å². The van der Waals surface area contributed by atoms with Crippen molar-refractivity contribution in [2.45, 2.75) is 32.6 Å². The van der Waals surface area contributed by atoms with Crippen molar-refractivity contribution in [3.8, 4) is 0 Å². The largest absolute Gasteiger partial charge is 0.384 e. The monoisotopic (exact) mass is 282 g/mol. The Hall–Kier alpha value is -1.22. The van der Waals surface area contributed by atoms with Crippen LogP contribution in [0.15, 0.2) is 18.2 Å². The molecule has 3 nitrogen and oxygen atoms in total. The number of carbonyl (C=O) groups is 1. The van der Waals surface area contributed by atoms with E-state index >= 15 is 0 Å². The zero-order valence-corrected chi connectivity index (χ0v) is 12.8. The highest BCUT2D eigenvalue weighted by molar-refractivity contribution is 6.31. The van der Waals surface area contributed by atoms with Crippen LogP contribution in [0, 0.1) is 0 Å². The lowest BCUT2D eigenvalue weighted by atomic mass is 10.1. The fraction of sp³-hybridized carbons (Fsp3) is 0.533. The molecular weight excluding hydrogens is 260 g/mol. The van der Waals surface area contributed by atoms with Crippen LogP contribution in [0.25, 0.3) is 0 Å². The summed E-state index contributed by atoms with van der Waals surface area (Å²) in [6.07, 6.45) is 4.79. The molecule has 1 amide bonds. The SMILES string of the molecule is CCCCCCNc1cc(Cl)ccc1C(=O)N(C)C. The molecule has 0 bridgehead atoms. The maximum atomic E-state index is 12.1. The minimum absolute atomic E-state index is 0.00674. The third kappa shape index (κ3) is 5.11. The van der Waals surface area contributed by atoms with Gasteiger partial charge in [0.1, 0.15) is 0 Å². The first-order valence-corrected chi connectivity index (χ1v) is 7.19. The highest BCUT2D eigenvalue weighted by Gasteiger charge is 2.13. The van der Waals surface area contributed by atoms with E-state index in [1.165, 1.54) is 19.3 Å². The van der Waals surface area contributed by atoms with Gasteiger partial charge in [-0.1, -0.05) is 37.8 Å². The van der Waals surface area contributed by atoms with Gasteiger partial charge in [0.2, 0.25) is 0 Å². The molecule has 0 aliphatic rings. The summed E-state index contributed by atoms with van der Waals surface area (Å²) < 4.78 is 0. The zero-order chi connectivity index (χ0) is 14.3. The summed E-state index contributed by atoms with van der Waals surface area (Å²) in [5, 5.41) is 3.96. The first-order valence-electron chi connectivity index (χ1n) is 6.81. The molecule has 1 aromatic carbocycles. The third-order valence-electron chi connectivity index (χ3n) is 2.96. The Morgan fingerprint density at radius 2 is 2.00 bits per heavy atom. The van der Waals surface area contributed by atoms with Crippen LogP contribution in [0.3, 0.4) is 0 Å². The van der Waals surface area contributed by atoms with E-state index in [1.807, 2.05) is 6.07 Å². The average molecular weight is 283 g/mol. The molecule has 0 atom stereocenters. The number of rotatable bonds is 7. The Morgan fingerprint density at radius 1 is 1.26 bits per heavy atom. The van der Waals surface area contributed by atoms with Crippen LogP contribution in [0.2, 0.25) is 5.02 Å². The summed E-state index contributed by atoms with van der Waals surface area (Å²) in [4.78, 5) is 13.6. The molecule has 0 spiro atoms. The second-order valence-electron chi connectivity index (χ2n) is 4.88. The zero-order valence-electron chi connectivity index (χ0n) is 12.0. The van der Waals surface area contributed by atoms with E-state index in [1.54, 1.807) is 31.1 Å².